The first kappa shape index (κ1) is 23.9. The number of rotatable bonds is 6. The van der Waals surface area contributed by atoms with Gasteiger partial charge < -0.3 is 5.32 Å². The maximum atomic E-state index is 13.2. The molecule has 0 aliphatic carbocycles. The Labute approximate surface area is 199 Å². The summed E-state index contributed by atoms with van der Waals surface area (Å²) in [6.45, 7) is 3.60. The van der Waals surface area contributed by atoms with Gasteiger partial charge >= 0.3 is 0 Å². The summed E-state index contributed by atoms with van der Waals surface area (Å²) in [6.07, 6.45) is 0.470. The van der Waals surface area contributed by atoms with Crippen LogP contribution in [0.4, 0.5) is 11.4 Å². The Hall–Kier alpha value is -3.21. The van der Waals surface area contributed by atoms with Gasteiger partial charge in [-0.05, 0) is 80.9 Å². The molecule has 3 aromatic rings. The topological polar surface area (TPSA) is 113 Å². The summed E-state index contributed by atoms with van der Waals surface area (Å²) in [5.41, 5.74) is 2.74. The Bertz CT molecular complexity index is 1470. The van der Waals surface area contributed by atoms with E-state index in [9.17, 15) is 21.6 Å². The van der Waals surface area contributed by atoms with E-state index >= 15 is 0 Å². The predicted molar refractivity (Wildman–Crippen MR) is 131 cm³/mol. The molecule has 178 valence electrons. The van der Waals surface area contributed by atoms with E-state index in [1.807, 2.05) is 6.92 Å². The van der Waals surface area contributed by atoms with Gasteiger partial charge in [0.05, 0.1) is 15.5 Å². The van der Waals surface area contributed by atoms with Crippen LogP contribution in [0.1, 0.15) is 28.4 Å². The van der Waals surface area contributed by atoms with Gasteiger partial charge in [0, 0.05) is 17.3 Å². The third-order valence-electron chi connectivity index (χ3n) is 5.83. The van der Waals surface area contributed by atoms with Crippen LogP contribution >= 0.6 is 0 Å². The fraction of sp³-hybridized carbons (Fsp3) is 0.208. The van der Waals surface area contributed by atoms with E-state index in [-0.39, 0.29) is 15.8 Å². The molecule has 2 N–H and O–H groups in total. The fourth-order valence-corrected chi connectivity index (χ4v) is 6.50. The largest absolute Gasteiger partial charge is 0.322 e. The van der Waals surface area contributed by atoms with Crippen molar-refractivity contribution in [1.29, 1.82) is 0 Å². The highest BCUT2D eigenvalue weighted by Gasteiger charge is 2.36. The van der Waals surface area contributed by atoms with Crippen LogP contribution in [0, 0.1) is 6.92 Å². The zero-order chi connectivity index (χ0) is 24.7. The Morgan fingerprint density at radius 2 is 1.65 bits per heavy atom. The van der Waals surface area contributed by atoms with Crippen LogP contribution in [0.3, 0.4) is 0 Å². The summed E-state index contributed by atoms with van der Waals surface area (Å²) in [4.78, 5) is 13.2. The lowest BCUT2D eigenvalue weighted by molar-refractivity contribution is 0.102. The Morgan fingerprint density at radius 3 is 2.32 bits per heavy atom. The van der Waals surface area contributed by atoms with Crippen LogP contribution < -0.4 is 14.3 Å². The standard InChI is InChI=1S/C24H25N3O5S2/c1-16-9-11-21(33(29,30)25-3)15-22(16)26-24(28)18-10-12-23-19(14-18)13-17(2)27(23)34(31,32)20-7-5-4-6-8-20/h4-12,14-15,17,25H,13H2,1-3H3,(H,26,28)/t17-/m0/s1. The number of hydrogen-bond acceptors (Lipinski definition) is 5. The molecule has 0 radical (unpaired) electrons. The van der Waals surface area contributed by atoms with Crippen molar-refractivity contribution in [1.82, 2.24) is 4.72 Å². The lowest BCUT2D eigenvalue weighted by atomic mass is 10.1. The van der Waals surface area contributed by atoms with E-state index in [0.717, 1.165) is 5.56 Å². The second kappa shape index (κ2) is 8.86. The number of fused-ring (bicyclic) bond motifs is 1. The Balaban J connectivity index is 1.63. The first-order chi connectivity index (χ1) is 16.0. The molecule has 0 aromatic heterocycles. The van der Waals surface area contributed by atoms with E-state index in [4.69, 9.17) is 0 Å². The molecule has 1 heterocycles. The Morgan fingerprint density at radius 1 is 0.941 bits per heavy atom. The molecule has 1 aliphatic rings. The number of carbonyl (C=O) groups excluding carboxylic acids is 1. The van der Waals surface area contributed by atoms with E-state index in [2.05, 4.69) is 10.0 Å². The molecule has 0 unspecified atom stereocenters. The molecule has 0 saturated heterocycles. The van der Waals surface area contributed by atoms with Crippen molar-refractivity contribution in [3.63, 3.8) is 0 Å². The number of benzene rings is 3. The molecule has 4 rings (SSSR count). The van der Waals surface area contributed by atoms with E-state index in [0.29, 0.717) is 28.9 Å². The molecule has 1 aliphatic heterocycles. The third-order valence-corrected chi connectivity index (χ3v) is 9.19. The van der Waals surface area contributed by atoms with Crippen molar-refractivity contribution in [3.8, 4) is 0 Å². The summed E-state index contributed by atoms with van der Waals surface area (Å²) in [6, 6.07) is 17.3. The van der Waals surface area contributed by atoms with Crippen LogP contribution in [-0.4, -0.2) is 35.8 Å². The van der Waals surface area contributed by atoms with Crippen molar-refractivity contribution in [2.24, 2.45) is 0 Å². The number of sulfonamides is 2. The molecule has 1 atom stereocenters. The summed E-state index contributed by atoms with van der Waals surface area (Å²) in [5.74, 6) is -0.415. The number of carbonyl (C=O) groups is 1. The van der Waals surface area contributed by atoms with Crippen LogP contribution in [0.15, 0.2) is 76.5 Å². The molecule has 0 spiro atoms. The lowest BCUT2D eigenvalue weighted by Gasteiger charge is -2.24. The number of nitrogens with zero attached hydrogens (tertiary/aromatic N) is 1. The van der Waals surface area contributed by atoms with Crippen LogP contribution in [-0.2, 0) is 26.5 Å². The minimum atomic E-state index is -3.74. The minimum absolute atomic E-state index is 0.0421. The number of anilines is 2. The number of amides is 1. The molecule has 0 saturated carbocycles. The maximum Gasteiger partial charge on any atom is 0.264 e. The van der Waals surface area contributed by atoms with E-state index in [1.54, 1.807) is 61.5 Å². The van der Waals surface area contributed by atoms with E-state index in [1.165, 1.54) is 23.5 Å². The molecule has 1 amide bonds. The fourth-order valence-electron chi connectivity index (χ4n) is 4.03. The van der Waals surface area contributed by atoms with Crippen LogP contribution in [0.5, 0.6) is 0 Å². The molecule has 10 heteroatoms. The highest BCUT2D eigenvalue weighted by molar-refractivity contribution is 7.93. The van der Waals surface area contributed by atoms with Crippen molar-refractivity contribution in [3.05, 3.63) is 83.4 Å². The van der Waals surface area contributed by atoms with Crippen molar-refractivity contribution in [2.45, 2.75) is 36.1 Å². The van der Waals surface area contributed by atoms with Crippen molar-refractivity contribution < 1.29 is 21.6 Å². The van der Waals surface area contributed by atoms with Gasteiger partial charge in [-0.25, -0.2) is 21.6 Å². The smallest absolute Gasteiger partial charge is 0.264 e. The first-order valence-electron chi connectivity index (χ1n) is 10.6. The highest BCUT2D eigenvalue weighted by Crippen LogP contribution is 2.37. The second-order valence-electron chi connectivity index (χ2n) is 8.15. The van der Waals surface area contributed by atoms with Crippen molar-refractivity contribution >= 4 is 37.3 Å². The van der Waals surface area contributed by atoms with Gasteiger partial charge in [0.15, 0.2) is 0 Å². The monoisotopic (exact) mass is 499 g/mol. The lowest BCUT2D eigenvalue weighted by Crippen LogP contribution is -2.35. The first-order valence-corrected chi connectivity index (χ1v) is 13.5. The normalized spacial score (nSPS) is 15.7. The number of nitrogens with one attached hydrogen (secondary N) is 2. The molecule has 0 bridgehead atoms. The second-order valence-corrected chi connectivity index (χ2v) is 11.9. The third kappa shape index (κ3) is 4.31. The summed E-state index contributed by atoms with van der Waals surface area (Å²) >= 11 is 0. The molecular weight excluding hydrogens is 474 g/mol. The van der Waals surface area contributed by atoms with Gasteiger partial charge in [-0.1, -0.05) is 24.3 Å². The van der Waals surface area contributed by atoms with Gasteiger partial charge in [-0.2, -0.15) is 0 Å². The molecule has 34 heavy (non-hydrogen) atoms. The predicted octanol–water partition coefficient (Wildman–Crippen LogP) is 3.30. The van der Waals surface area contributed by atoms with Gasteiger partial charge in [0.1, 0.15) is 0 Å². The molecule has 3 aromatic carbocycles. The van der Waals surface area contributed by atoms with Crippen molar-refractivity contribution in [2.75, 3.05) is 16.7 Å². The van der Waals surface area contributed by atoms with Gasteiger partial charge in [-0.15, -0.1) is 0 Å². The van der Waals surface area contributed by atoms with Gasteiger partial charge in [0.25, 0.3) is 15.9 Å². The van der Waals surface area contributed by atoms with Gasteiger partial charge in [-0.3, -0.25) is 9.10 Å². The average molecular weight is 500 g/mol. The van der Waals surface area contributed by atoms with Crippen LogP contribution in [0.2, 0.25) is 0 Å². The Kier molecular flexibility index (Phi) is 6.24. The molecular formula is C24H25N3O5S2. The molecule has 8 nitrogen and oxygen atoms in total. The number of aryl methyl sites for hydroxylation is 1. The summed E-state index contributed by atoms with van der Waals surface area (Å²) < 4.78 is 54.4. The van der Waals surface area contributed by atoms with E-state index < -0.39 is 26.0 Å². The average Bonchev–Trinajstić information content (AvgIpc) is 3.16. The maximum absolute atomic E-state index is 13.2. The zero-order valence-corrected chi connectivity index (χ0v) is 20.6. The summed E-state index contributed by atoms with van der Waals surface area (Å²) in [5, 5.41) is 2.77. The minimum Gasteiger partial charge on any atom is -0.322 e. The summed E-state index contributed by atoms with van der Waals surface area (Å²) in [7, 11) is -6.08. The van der Waals surface area contributed by atoms with Crippen LogP contribution in [0.25, 0.3) is 0 Å². The highest BCUT2D eigenvalue weighted by atomic mass is 32.2. The molecule has 0 fully saturated rings. The van der Waals surface area contributed by atoms with Gasteiger partial charge in [0.2, 0.25) is 10.0 Å². The quantitative estimate of drug-likeness (QED) is 0.540. The number of hydrogen-bond donors (Lipinski definition) is 2. The zero-order valence-electron chi connectivity index (χ0n) is 18.9. The SMILES string of the molecule is CNS(=O)(=O)c1ccc(C)c(NC(=O)c2ccc3c(c2)C[C@H](C)N3S(=O)(=O)c2ccccc2)c1.